The van der Waals surface area contributed by atoms with Crippen molar-refractivity contribution in [2.45, 2.75) is 6.92 Å². The van der Waals surface area contributed by atoms with Gasteiger partial charge >= 0.3 is 0 Å². The van der Waals surface area contributed by atoms with Gasteiger partial charge in [0.1, 0.15) is 17.8 Å². The molecular weight excluding hydrogens is 254 g/mol. The summed E-state index contributed by atoms with van der Waals surface area (Å²) >= 11 is 0. The number of rotatable bonds is 3. The fourth-order valence-corrected chi connectivity index (χ4v) is 2.19. The number of aromatic nitrogens is 2. The van der Waals surface area contributed by atoms with E-state index >= 15 is 0 Å². The number of ether oxygens (including phenoxy) is 1. The van der Waals surface area contributed by atoms with Crippen LogP contribution in [0, 0.1) is 6.92 Å². The number of nitrogens with zero attached hydrogens (tertiary/aromatic N) is 1. The van der Waals surface area contributed by atoms with Gasteiger partial charge < -0.3 is 14.9 Å². The molecule has 0 atom stereocenters. The molecule has 2 aromatic heterocycles. The third-order valence-corrected chi connectivity index (χ3v) is 3.19. The summed E-state index contributed by atoms with van der Waals surface area (Å²) in [6.07, 6.45) is 1.69. The maximum absolute atomic E-state index is 5.98. The van der Waals surface area contributed by atoms with Crippen molar-refractivity contribution >= 4 is 5.82 Å². The van der Waals surface area contributed by atoms with Gasteiger partial charge in [0.25, 0.3) is 0 Å². The summed E-state index contributed by atoms with van der Waals surface area (Å²) < 4.78 is 10.5. The van der Waals surface area contributed by atoms with Crippen LogP contribution in [0.25, 0.3) is 22.4 Å². The Morgan fingerprint density at radius 2 is 1.95 bits per heavy atom. The van der Waals surface area contributed by atoms with Crippen molar-refractivity contribution in [1.29, 1.82) is 0 Å². The molecule has 3 rings (SSSR count). The van der Waals surface area contributed by atoms with Crippen LogP contribution < -0.4 is 10.5 Å². The standard InChI is InChI=1S/C15H15N3O2/c1-9-7-11(8-20-9)14-13(15(16)18-17-14)10-3-5-12(19-2)6-4-10/h3-8H,1-2H3,(H3,16,17,18). The highest BCUT2D eigenvalue weighted by atomic mass is 16.5. The van der Waals surface area contributed by atoms with Crippen molar-refractivity contribution in [3.8, 4) is 28.1 Å². The van der Waals surface area contributed by atoms with E-state index in [0.29, 0.717) is 5.82 Å². The minimum absolute atomic E-state index is 0.462. The molecule has 5 nitrogen and oxygen atoms in total. The molecule has 0 radical (unpaired) electrons. The van der Waals surface area contributed by atoms with Crippen molar-refractivity contribution in [2.24, 2.45) is 0 Å². The van der Waals surface area contributed by atoms with Crippen LogP contribution in [0.15, 0.2) is 41.0 Å². The van der Waals surface area contributed by atoms with Gasteiger partial charge in [-0.2, -0.15) is 5.10 Å². The quantitative estimate of drug-likeness (QED) is 0.765. The van der Waals surface area contributed by atoms with E-state index in [1.165, 1.54) is 0 Å². The highest BCUT2D eigenvalue weighted by molar-refractivity contribution is 5.87. The van der Waals surface area contributed by atoms with Gasteiger partial charge in [0.15, 0.2) is 5.82 Å². The van der Waals surface area contributed by atoms with E-state index in [2.05, 4.69) is 10.2 Å². The largest absolute Gasteiger partial charge is 0.497 e. The second-order valence-corrected chi connectivity index (χ2v) is 4.53. The van der Waals surface area contributed by atoms with Crippen molar-refractivity contribution in [2.75, 3.05) is 12.8 Å². The summed E-state index contributed by atoms with van der Waals surface area (Å²) in [5, 5.41) is 7.07. The van der Waals surface area contributed by atoms with Crippen LogP contribution in [0.1, 0.15) is 5.76 Å². The Kier molecular flexibility index (Phi) is 2.95. The second kappa shape index (κ2) is 4.77. The molecule has 0 spiro atoms. The van der Waals surface area contributed by atoms with Crippen LogP contribution in [0.5, 0.6) is 5.75 Å². The Morgan fingerprint density at radius 1 is 1.20 bits per heavy atom. The molecule has 20 heavy (non-hydrogen) atoms. The van der Waals surface area contributed by atoms with Crippen LogP contribution in [0.3, 0.4) is 0 Å². The zero-order valence-corrected chi connectivity index (χ0v) is 11.3. The zero-order valence-electron chi connectivity index (χ0n) is 11.3. The van der Waals surface area contributed by atoms with Crippen molar-refractivity contribution in [3.05, 3.63) is 42.4 Å². The number of methoxy groups -OCH3 is 1. The first-order valence-corrected chi connectivity index (χ1v) is 6.23. The number of nitrogen functional groups attached to an aromatic ring is 1. The van der Waals surface area contributed by atoms with E-state index in [-0.39, 0.29) is 0 Å². The number of H-pyrrole nitrogens is 1. The normalized spacial score (nSPS) is 10.7. The van der Waals surface area contributed by atoms with Gasteiger partial charge in [-0.25, -0.2) is 0 Å². The lowest BCUT2D eigenvalue weighted by atomic mass is 10.0. The molecule has 3 N–H and O–H groups in total. The van der Waals surface area contributed by atoms with Crippen molar-refractivity contribution in [1.82, 2.24) is 10.2 Å². The van der Waals surface area contributed by atoms with Crippen LogP contribution in [-0.4, -0.2) is 17.3 Å². The molecule has 0 saturated heterocycles. The molecule has 2 heterocycles. The highest BCUT2D eigenvalue weighted by Gasteiger charge is 2.16. The first kappa shape index (κ1) is 12.3. The Bertz CT molecular complexity index is 726. The molecule has 0 unspecified atom stereocenters. The summed E-state index contributed by atoms with van der Waals surface area (Å²) in [6.45, 7) is 1.90. The van der Waals surface area contributed by atoms with Gasteiger partial charge in [-0.05, 0) is 30.7 Å². The minimum Gasteiger partial charge on any atom is -0.497 e. The number of nitrogens with two attached hydrogens (primary N) is 1. The van der Waals surface area contributed by atoms with Gasteiger partial charge in [0.05, 0.1) is 18.4 Å². The summed E-state index contributed by atoms with van der Waals surface area (Å²) in [5.41, 5.74) is 9.61. The predicted molar refractivity (Wildman–Crippen MR) is 77.4 cm³/mol. The molecule has 0 bridgehead atoms. The van der Waals surface area contributed by atoms with E-state index in [1.54, 1.807) is 13.4 Å². The maximum Gasteiger partial charge on any atom is 0.153 e. The van der Waals surface area contributed by atoms with Crippen molar-refractivity contribution < 1.29 is 9.15 Å². The average Bonchev–Trinajstić information content (AvgIpc) is 3.05. The first-order valence-electron chi connectivity index (χ1n) is 6.23. The molecule has 0 aliphatic rings. The Balaban J connectivity index is 2.10. The topological polar surface area (TPSA) is 77.1 Å². The molecule has 1 aromatic carbocycles. The monoisotopic (exact) mass is 269 g/mol. The molecule has 3 aromatic rings. The van der Waals surface area contributed by atoms with Gasteiger partial charge in [0.2, 0.25) is 0 Å². The molecule has 102 valence electrons. The SMILES string of the molecule is COc1ccc(-c2c(N)n[nH]c2-c2coc(C)c2)cc1. The number of hydrogen-bond acceptors (Lipinski definition) is 4. The zero-order chi connectivity index (χ0) is 14.1. The van der Waals surface area contributed by atoms with Gasteiger partial charge in [-0.1, -0.05) is 12.1 Å². The third-order valence-electron chi connectivity index (χ3n) is 3.19. The van der Waals surface area contributed by atoms with Gasteiger partial charge in [-0.15, -0.1) is 0 Å². The van der Waals surface area contributed by atoms with Crippen LogP contribution in [0.4, 0.5) is 5.82 Å². The molecule has 0 aliphatic heterocycles. The predicted octanol–water partition coefficient (Wildman–Crippen LogP) is 3.24. The lowest BCUT2D eigenvalue weighted by Crippen LogP contribution is -1.89. The fraction of sp³-hybridized carbons (Fsp3) is 0.133. The van der Waals surface area contributed by atoms with Crippen LogP contribution in [0.2, 0.25) is 0 Å². The maximum atomic E-state index is 5.98. The number of aryl methyl sites for hydroxylation is 1. The van der Waals surface area contributed by atoms with E-state index in [1.807, 2.05) is 37.3 Å². The molecule has 0 amide bonds. The average molecular weight is 269 g/mol. The third kappa shape index (κ3) is 2.03. The van der Waals surface area contributed by atoms with E-state index in [0.717, 1.165) is 33.9 Å². The van der Waals surface area contributed by atoms with Crippen LogP contribution in [-0.2, 0) is 0 Å². The molecule has 5 heteroatoms. The summed E-state index contributed by atoms with van der Waals surface area (Å²) in [6, 6.07) is 9.64. The summed E-state index contributed by atoms with van der Waals surface area (Å²) in [4.78, 5) is 0. The number of nitrogens with one attached hydrogen (secondary N) is 1. The first-order chi connectivity index (χ1) is 9.69. The number of furan rings is 1. The Hall–Kier alpha value is -2.69. The van der Waals surface area contributed by atoms with E-state index in [4.69, 9.17) is 14.9 Å². The molecule has 0 aliphatic carbocycles. The van der Waals surface area contributed by atoms with Crippen molar-refractivity contribution in [3.63, 3.8) is 0 Å². The lowest BCUT2D eigenvalue weighted by molar-refractivity contribution is 0.415. The molecule has 0 fully saturated rings. The molecule has 0 saturated carbocycles. The summed E-state index contributed by atoms with van der Waals surface area (Å²) in [7, 11) is 1.64. The highest BCUT2D eigenvalue weighted by Crippen LogP contribution is 2.35. The molecular formula is C15H15N3O2. The number of anilines is 1. The number of hydrogen-bond donors (Lipinski definition) is 2. The Labute approximate surface area is 116 Å². The Morgan fingerprint density at radius 3 is 2.55 bits per heavy atom. The fourth-order valence-electron chi connectivity index (χ4n) is 2.19. The summed E-state index contributed by atoms with van der Waals surface area (Å²) in [5.74, 6) is 2.11. The van der Waals surface area contributed by atoms with E-state index < -0.39 is 0 Å². The van der Waals surface area contributed by atoms with E-state index in [9.17, 15) is 0 Å². The van der Waals surface area contributed by atoms with Gasteiger partial charge in [0, 0.05) is 5.56 Å². The second-order valence-electron chi connectivity index (χ2n) is 4.53. The smallest absolute Gasteiger partial charge is 0.153 e. The lowest BCUT2D eigenvalue weighted by Gasteiger charge is -2.04. The minimum atomic E-state index is 0.462. The van der Waals surface area contributed by atoms with Gasteiger partial charge in [-0.3, -0.25) is 5.10 Å². The van der Waals surface area contributed by atoms with Crippen LogP contribution >= 0.6 is 0 Å². The number of aromatic amines is 1. The number of benzene rings is 1.